The molecule has 0 spiro atoms. The third-order valence-electron chi connectivity index (χ3n) is 3.62. The van der Waals surface area contributed by atoms with Crippen molar-refractivity contribution in [3.63, 3.8) is 0 Å². The molecule has 26 heavy (non-hydrogen) atoms. The van der Waals surface area contributed by atoms with Crippen LogP contribution in [0.5, 0.6) is 0 Å². The van der Waals surface area contributed by atoms with Gasteiger partial charge in [0.2, 0.25) is 0 Å². The number of nitrogens with one attached hydrogen (secondary N) is 2. The van der Waals surface area contributed by atoms with Crippen LogP contribution in [-0.4, -0.2) is 57.3 Å². The summed E-state index contributed by atoms with van der Waals surface area (Å²) in [7, 11) is 4.03. The van der Waals surface area contributed by atoms with E-state index >= 15 is 0 Å². The van der Waals surface area contributed by atoms with E-state index < -0.39 is 0 Å². The predicted octanol–water partition coefficient (Wildman–Crippen LogP) is 3.90. The van der Waals surface area contributed by atoms with Gasteiger partial charge in [-0.05, 0) is 51.0 Å². The number of rotatable bonds is 11. The molecule has 0 aliphatic heterocycles. The first-order chi connectivity index (χ1) is 12.4. The smallest absolute Gasteiger partial charge is 0.0656 e. The predicted molar refractivity (Wildman–Crippen MR) is 116 cm³/mol. The Bertz CT molecular complexity index is 726. The van der Waals surface area contributed by atoms with Crippen LogP contribution in [0.1, 0.15) is 18.1 Å². The zero-order valence-corrected chi connectivity index (χ0v) is 16.0. The number of anilines is 1. The average Bonchev–Trinajstić information content (AvgIpc) is 2.61. The Balaban J connectivity index is 3.23. The molecule has 0 saturated carbocycles. The van der Waals surface area contributed by atoms with Crippen molar-refractivity contribution < 1.29 is 0 Å². The zero-order chi connectivity index (χ0) is 19.5. The lowest BCUT2D eigenvalue weighted by Crippen LogP contribution is -2.15. The van der Waals surface area contributed by atoms with Crippen molar-refractivity contribution in [3.8, 4) is 0 Å². The molecule has 0 saturated heterocycles. The number of allylic oxidation sites excluding steroid dienone is 2. The van der Waals surface area contributed by atoms with Crippen molar-refractivity contribution in [1.29, 1.82) is 5.41 Å². The molecule has 0 amide bonds. The largest absolute Gasteiger partial charge is 0.381 e. The molecule has 1 aromatic carbocycles. The quantitative estimate of drug-likeness (QED) is 0.469. The lowest BCUT2D eigenvalue weighted by atomic mass is 9.97. The highest BCUT2D eigenvalue weighted by Gasteiger charge is 2.11. The lowest BCUT2D eigenvalue weighted by Gasteiger charge is -2.14. The molecule has 1 rings (SSSR count). The normalized spacial score (nSPS) is 11.6. The SMILES string of the molecule is C=CCNc1ccc(C(/C=N\CCN(C)C)=C/N=C)cc1C(=N)C(=C)C. The Labute approximate surface area is 157 Å². The topological polar surface area (TPSA) is 63.8 Å². The molecular weight excluding hydrogens is 322 g/mol. The minimum atomic E-state index is 0.397. The highest BCUT2D eigenvalue weighted by Crippen LogP contribution is 2.24. The van der Waals surface area contributed by atoms with Crippen molar-refractivity contribution >= 4 is 29.9 Å². The van der Waals surface area contributed by atoms with Crippen LogP contribution in [0.3, 0.4) is 0 Å². The van der Waals surface area contributed by atoms with Crippen molar-refractivity contribution in [2.75, 3.05) is 39.0 Å². The van der Waals surface area contributed by atoms with E-state index in [4.69, 9.17) is 5.41 Å². The van der Waals surface area contributed by atoms with E-state index in [-0.39, 0.29) is 0 Å². The second kappa shape index (κ2) is 10.9. The first kappa shape index (κ1) is 21.3. The maximum atomic E-state index is 8.36. The van der Waals surface area contributed by atoms with Gasteiger partial charge in [0.05, 0.1) is 12.3 Å². The van der Waals surface area contributed by atoms with Crippen LogP contribution < -0.4 is 5.32 Å². The first-order valence-corrected chi connectivity index (χ1v) is 8.45. The lowest BCUT2D eigenvalue weighted by molar-refractivity contribution is 0.421. The maximum Gasteiger partial charge on any atom is 0.0656 e. The number of hydrogen-bond donors (Lipinski definition) is 2. The third kappa shape index (κ3) is 6.61. The number of benzene rings is 1. The van der Waals surface area contributed by atoms with Gasteiger partial charge in [0.25, 0.3) is 0 Å². The van der Waals surface area contributed by atoms with Crippen molar-refractivity contribution in [3.05, 3.63) is 60.3 Å². The van der Waals surface area contributed by atoms with E-state index in [9.17, 15) is 0 Å². The molecule has 0 unspecified atom stereocenters. The van der Waals surface area contributed by atoms with Gasteiger partial charge in [0.1, 0.15) is 0 Å². The summed E-state index contributed by atoms with van der Waals surface area (Å²) in [6.45, 7) is 15.2. The number of hydrogen-bond acceptors (Lipinski definition) is 5. The Kier molecular flexibility index (Phi) is 8.95. The van der Waals surface area contributed by atoms with E-state index in [2.05, 4.69) is 40.1 Å². The van der Waals surface area contributed by atoms with Gasteiger partial charge in [-0.2, -0.15) is 0 Å². The highest BCUT2D eigenvalue weighted by molar-refractivity contribution is 6.15. The Morgan fingerprint density at radius 1 is 1.35 bits per heavy atom. The minimum Gasteiger partial charge on any atom is -0.381 e. The van der Waals surface area contributed by atoms with Gasteiger partial charge in [0.15, 0.2) is 0 Å². The Morgan fingerprint density at radius 3 is 2.65 bits per heavy atom. The molecule has 0 aliphatic rings. The molecule has 2 N–H and O–H groups in total. The van der Waals surface area contributed by atoms with E-state index in [0.29, 0.717) is 24.4 Å². The van der Waals surface area contributed by atoms with Crippen LogP contribution >= 0.6 is 0 Å². The summed E-state index contributed by atoms with van der Waals surface area (Å²) in [4.78, 5) is 10.4. The van der Waals surface area contributed by atoms with Crippen LogP contribution in [0.25, 0.3) is 5.57 Å². The van der Waals surface area contributed by atoms with Gasteiger partial charge >= 0.3 is 0 Å². The van der Waals surface area contributed by atoms with Gasteiger partial charge in [0, 0.05) is 42.3 Å². The molecule has 138 valence electrons. The maximum absolute atomic E-state index is 8.36. The van der Waals surface area contributed by atoms with E-state index in [1.54, 1.807) is 18.5 Å². The molecule has 0 atom stereocenters. The molecule has 1 aromatic rings. The minimum absolute atomic E-state index is 0.397. The fourth-order valence-corrected chi connectivity index (χ4v) is 2.20. The fourth-order valence-electron chi connectivity index (χ4n) is 2.20. The standard InChI is InChI=1S/C21H29N5/c1-7-10-25-20-9-8-17(13-19(20)21(22)16(2)3)18(14-23-4)15-24-11-12-26(5)6/h7-9,13-15,22,25H,1-2,4,10-12H2,3,5-6H3/b18-14+,22-21?,24-15-. The van der Waals surface area contributed by atoms with E-state index in [1.165, 1.54) is 0 Å². The number of nitrogens with zero attached hydrogens (tertiary/aromatic N) is 3. The van der Waals surface area contributed by atoms with E-state index in [1.807, 2.05) is 39.2 Å². The number of aliphatic imine (C=N–C) groups is 2. The molecule has 5 heteroatoms. The molecule has 0 fully saturated rings. The van der Waals surface area contributed by atoms with E-state index in [0.717, 1.165) is 28.9 Å². The van der Waals surface area contributed by atoms with Crippen LogP contribution in [0.2, 0.25) is 0 Å². The van der Waals surface area contributed by atoms with Gasteiger partial charge in [-0.3, -0.25) is 15.4 Å². The van der Waals surface area contributed by atoms with Crippen molar-refractivity contribution in [2.24, 2.45) is 9.98 Å². The van der Waals surface area contributed by atoms with Crippen molar-refractivity contribution in [2.45, 2.75) is 6.92 Å². The monoisotopic (exact) mass is 351 g/mol. The molecular formula is C21H29N5. The fraction of sp³-hybridized carbons (Fsp3) is 0.286. The van der Waals surface area contributed by atoms with Crippen molar-refractivity contribution in [1.82, 2.24) is 4.90 Å². The summed E-state index contributed by atoms with van der Waals surface area (Å²) in [6.07, 6.45) is 5.27. The summed E-state index contributed by atoms with van der Waals surface area (Å²) in [5.41, 5.74) is 4.54. The number of likely N-dealkylation sites (N-methyl/N-ethyl adjacent to an activating group) is 1. The molecule has 5 nitrogen and oxygen atoms in total. The summed E-state index contributed by atoms with van der Waals surface area (Å²) < 4.78 is 0. The average molecular weight is 351 g/mol. The van der Waals surface area contributed by atoms with Gasteiger partial charge < -0.3 is 10.2 Å². The molecule has 0 bridgehead atoms. The van der Waals surface area contributed by atoms with Gasteiger partial charge in [-0.15, -0.1) is 6.58 Å². The van der Waals surface area contributed by atoms with Crippen LogP contribution in [0.15, 0.2) is 59.2 Å². The second-order valence-electron chi connectivity index (χ2n) is 6.19. The third-order valence-corrected chi connectivity index (χ3v) is 3.62. The first-order valence-electron chi connectivity index (χ1n) is 8.45. The zero-order valence-electron chi connectivity index (χ0n) is 16.0. The Morgan fingerprint density at radius 2 is 2.08 bits per heavy atom. The highest BCUT2D eigenvalue weighted by atomic mass is 15.1. The van der Waals surface area contributed by atoms with Gasteiger partial charge in [-0.25, -0.2) is 0 Å². The summed E-state index contributed by atoms with van der Waals surface area (Å²) >= 11 is 0. The van der Waals surface area contributed by atoms with Crippen LogP contribution in [-0.2, 0) is 0 Å². The van der Waals surface area contributed by atoms with Crippen LogP contribution in [0, 0.1) is 5.41 Å². The Hall–Kier alpha value is -2.79. The summed E-state index contributed by atoms with van der Waals surface area (Å²) in [6, 6.07) is 5.89. The summed E-state index contributed by atoms with van der Waals surface area (Å²) in [5, 5.41) is 11.6. The molecule has 0 aliphatic carbocycles. The molecule has 0 radical (unpaired) electrons. The second-order valence-corrected chi connectivity index (χ2v) is 6.19. The van der Waals surface area contributed by atoms with Crippen LogP contribution in [0.4, 0.5) is 5.69 Å². The molecule has 0 heterocycles. The summed E-state index contributed by atoms with van der Waals surface area (Å²) in [5.74, 6) is 0. The molecule has 0 aromatic heterocycles. The van der Waals surface area contributed by atoms with Gasteiger partial charge in [-0.1, -0.05) is 18.7 Å².